The van der Waals surface area contributed by atoms with Crippen molar-refractivity contribution in [2.24, 2.45) is 0 Å². The minimum atomic E-state index is -4.17. The summed E-state index contributed by atoms with van der Waals surface area (Å²) >= 11 is 0. The smallest absolute Gasteiger partial charge is 0.335 e. The van der Waals surface area contributed by atoms with Crippen molar-refractivity contribution in [3.63, 3.8) is 0 Å². The molecule has 0 unspecified atom stereocenters. The normalized spacial score (nSPS) is 12.5. The summed E-state index contributed by atoms with van der Waals surface area (Å²) in [6.45, 7) is 0. The van der Waals surface area contributed by atoms with Crippen LogP contribution in [0.5, 0.6) is 0 Å². The lowest BCUT2D eigenvalue weighted by atomic mass is 10.1. The molecule has 8 heteroatoms. The Bertz CT molecular complexity index is 848. The van der Waals surface area contributed by atoms with E-state index in [9.17, 15) is 23.1 Å². The van der Waals surface area contributed by atoms with Crippen molar-refractivity contribution in [3.05, 3.63) is 65.7 Å². The number of benzene rings is 2. The Labute approximate surface area is 138 Å². The summed E-state index contributed by atoms with van der Waals surface area (Å²) < 4.78 is 26.8. The van der Waals surface area contributed by atoms with E-state index in [0.717, 1.165) is 6.07 Å². The van der Waals surface area contributed by atoms with E-state index in [-0.39, 0.29) is 16.9 Å². The summed E-state index contributed by atoms with van der Waals surface area (Å²) in [6.07, 6.45) is -0.0337. The molecule has 0 bridgehead atoms. The van der Waals surface area contributed by atoms with E-state index < -0.39 is 28.0 Å². The summed E-state index contributed by atoms with van der Waals surface area (Å²) in [5.74, 6) is -2.59. The third-order valence-corrected chi connectivity index (χ3v) is 4.74. The van der Waals surface area contributed by atoms with Crippen molar-refractivity contribution in [1.29, 1.82) is 0 Å². The third kappa shape index (κ3) is 4.40. The number of rotatable bonds is 7. The molecule has 0 aliphatic carbocycles. The summed E-state index contributed by atoms with van der Waals surface area (Å²) in [5.41, 5.74) is 0.458. The lowest BCUT2D eigenvalue weighted by Crippen LogP contribution is -2.42. The highest BCUT2D eigenvalue weighted by Gasteiger charge is 2.26. The first-order valence-corrected chi connectivity index (χ1v) is 8.40. The number of hydrogen-bond donors (Lipinski definition) is 3. The first kappa shape index (κ1) is 17.6. The zero-order valence-electron chi connectivity index (χ0n) is 12.4. The average Bonchev–Trinajstić information content (AvgIpc) is 2.55. The van der Waals surface area contributed by atoms with Crippen LogP contribution in [-0.4, -0.2) is 36.6 Å². The molecule has 0 fully saturated rings. The summed E-state index contributed by atoms with van der Waals surface area (Å²) in [5, 5.41) is 18.2. The molecule has 0 saturated heterocycles. The second kappa shape index (κ2) is 7.24. The second-order valence-electron chi connectivity index (χ2n) is 5.03. The van der Waals surface area contributed by atoms with Gasteiger partial charge >= 0.3 is 11.9 Å². The summed E-state index contributed by atoms with van der Waals surface area (Å²) in [7, 11) is -4.17. The molecule has 0 amide bonds. The van der Waals surface area contributed by atoms with Gasteiger partial charge in [0.05, 0.1) is 10.5 Å². The topological polar surface area (TPSA) is 121 Å². The highest BCUT2D eigenvalue weighted by molar-refractivity contribution is 7.89. The molecule has 0 spiro atoms. The molecule has 2 aromatic carbocycles. The summed E-state index contributed by atoms with van der Waals surface area (Å²) in [6, 6.07) is 11.9. The van der Waals surface area contributed by atoms with E-state index in [1.165, 1.54) is 18.2 Å². The fourth-order valence-electron chi connectivity index (χ4n) is 2.08. The lowest BCUT2D eigenvalue weighted by molar-refractivity contribution is -0.138. The van der Waals surface area contributed by atoms with Crippen molar-refractivity contribution >= 4 is 22.0 Å². The maximum atomic E-state index is 12.3. The van der Waals surface area contributed by atoms with Gasteiger partial charge in [0.2, 0.25) is 10.0 Å². The molecule has 0 radical (unpaired) electrons. The van der Waals surface area contributed by atoms with Gasteiger partial charge in [-0.3, -0.25) is 4.79 Å². The van der Waals surface area contributed by atoms with Gasteiger partial charge in [-0.05, 0) is 30.2 Å². The fraction of sp³-hybridized carbons (Fsp3) is 0.125. The highest BCUT2D eigenvalue weighted by Crippen LogP contribution is 2.13. The predicted molar refractivity (Wildman–Crippen MR) is 85.3 cm³/mol. The first-order chi connectivity index (χ1) is 11.3. The molecule has 0 saturated carbocycles. The van der Waals surface area contributed by atoms with Gasteiger partial charge in [0.25, 0.3) is 0 Å². The van der Waals surface area contributed by atoms with Gasteiger partial charge in [0.15, 0.2) is 0 Å². The maximum Gasteiger partial charge on any atom is 0.335 e. The number of carbonyl (C=O) groups is 2. The molecule has 1 atom stereocenters. The Morgan fingerprint density at radius 1 is 1.00 bits per heavy atom. The van der Waals surface area contributed by atoms with Gasteiger partial charge in [-0.1, -0.05) is 36.4 Å². The van der Waals surface area contributed by atoms with Crippen LogP contribution in [0, 0.1) is 0 Å². The van der Waals surface area contributed by atoms with Crippen LogP contribution in [0.25, 0.3) is 0 Å². The van der Waals surface area contributed by atoms with E-state index in [2.05, 4.69) is 4.72 Å². The first-order valence-electron chi connectivity index (χ1n) is 6.92. The molecule has 0 aliphatic heterocycles. The number of aliphatic carboxylic acids is 1. The summed E-state index contributed by atoms with van der Waals surface area (Å²) in [4.78, 5) is 22.0. The van der Waals surface area contributed by atoms with Gasteiger partial charge in [0, 0.05) is 0 Å². The molecule has 0 heterocycles. The van der Waals surface area contributed by atoms with E-state index in [4.69, 9.17) is 5.11 Å². The largest absolute Gasteiger partial charge is 0.480 e. The van der Waals surface area contributed by atoms with Crippen LogP contribution in [0.2, 0.25) is 0 Å². The van der Waals surface area contributed by atoms with Crippen LogP contribution in [0.4, 0.5) is 0 Å². The maximum absolute atomic E-state index is 12.3. The molecular formula is C16H15NO6S. The standard InChI is InChI=1S/C16H15NO6S/c18-15(19)12-7-4-8-13(10-12)24(22,23)17-14(16(20)21)9-11-5-2-1-3-6-11/h1-8,10,14,17H,9H2,(H,18,19)(H,20,21)/t14-/m0/s1. The molecular weight excluding hydrogens is 334 g/mol. The van der Waals surface area contributed by atoms with Gasteiger partial charge < -0.3 is 10.2 Å². The highest BCUT2D eigenvalue weighted by atomic mass is 32.2. The average molecular weight is 349 g/mol. The van der Waals surface area contributed by atoms with Crippen LogP contribution in [0.15, 0.2) is 59.5 Å². The zero-order chi connectivity index (χ0) is 17.7. The van der Waals surface area contributed by atoms with E-state index >= 15 is 0 Å². The SMILES string of the molecule is O=C(O)c1cccc(S(=O)(=O)N[C@@H](Cc2ccccc2)C(=O)O)c1. The predicted octanol–water partition coefficient (Wildman–Crippen LogP) is 1.36. The monoisotopic (exact) mass is 349 g/mol. The van der Waals surface area contributed by atoms with Crippen molar-refractivity contribution < 1.29 is 28.2 Å². The van der Waals surface area contributed by atoms with E-state index in [0.29, 0.717) is 5.56 Å². The van der Waals surface area contributed by atoms with Crippen molar-refractivity contribution in [2.75, 3.05) is 0 Å². The quantitative estimate of drug-likeness (QED) is 0.694. The van der Waals surface area contributed by atoms with Crippen molar-refractivity contribution in [3.8, 4) is 0 Å². The fourth-order valence-corrected chi connectivity index (χ4v) is 3.32. The molecule has 24 heavy (non-hydrogen) atoms. The second-order valence-corrected chi connectivity index (χ2v) is 6.75. The van der Waals surface area contributed by atoms with Crippen molar-refractivity contribution in [1.82, 2.24) is 4.72 Å². The molecule has 2 rings (SSSR count). The third-order valence-electron chi connectivity index (χ3n) is 3.27. The number of nitrogens with one attached hydrogen (secondary N) is 1. The number of sulfonamides is 1. The van der Waals surface area contributed by atoms with Gasteiger partial charge in [-0.15, -0.1) is 0 Å². The van der Waals surface area contributed by atoms with Crippen LogP contribution in [0.1, 0.15) is 15.9 Å². The number of carboxylic acid groups (broad SMARTS) is 2. The van der Waals surface area contributed by atoms with Crippen LogP contribution >= 0.6 is 0 Å². The number of aromatic carboxylic acids is 1. The molecule has 3 N–H and O–H groups in total. The lowest BCUT2D eigenvalue weighted by Gasteiger charge is -2.15. The van der Waals surface area contributed by atoms with Gasteiger partial charge in [-0.2, -0.15) is 4.72 Å². The van der Waals surface area contributed by atoms with E-state index in [1.807, 2.05) is 0 Å². The molecule has 0 aliphatic rings. The van der Waals surface area contributed by atoms with Crippen LogP contribution < -0.4 is 4.72 Å². The number of carboxylic acids is 2. The zero-order valence-corrected chi connectivity index (χ0v) is 13.2. The minimum absolute atomic E-state index is 0.0337. The molecule has 2 aromatic rings. The van der Waals surface area contributed by atoms with Gasteiger partial charge in [0.1, 0.15) is 6.04 Å². The Morgan fingerprint density at radius 3 is 2.25 bits per heavy atom. The Hall–Kier alpha value is -2.71. The van der Waals surface area contributed by atoms with E-state index in [1.54, 1.807) is 30.3 Å². The van der Waals surface area contributed by atoms with Gasteiger partial charge in [-0.25, -0.2) is 13.2 Å². The Morgan fingerprint density at radius 2 is 1.67 bits per heavy atom. The number of hydrogen-bond acceptors (Lipinski definition) is 4. The molecule has 7 nitrogen and oxygen atoms in total. The Balaban J connectivity index is 2.26. The minimum Gasteiger partial charge on any atom is -0.480 e. The Kier molecular flexibility index (Phi) is 5.32. The van der Waals surface area contributed by atoms with Crippen molar-refractivity contribution in [2.45, 2.75) is 17.4 Å². The van der Waals surface area contributed by atoms with Crippen LogP contribution in [0.3, 0.4) is 0 Å². The van der Waals surface area contributed by atoms with Crippen LogP contribution in [-0.2, 0) is 21.2 Å². The molecule has 0 aromatic heterocycles. The molecule has 126 valence electrons.